The molecule has 0 heterocycles. The predicted molar refractivity (Wildman–Crippen MR) is 77.2 cm³/mol. The number of benzene rings is 2. The van der Waals surface area contributed by atoms with Crippen LogP contribution < -0.4 is 0 Å². The van der Waals surface area contributed by atoms with Gasteiger partial charge < -0.3 is 0 Å². The summed E-state index contributed by atoms with van der Waals surface area (Å²) in [5.41, 5.74) is 3.49. The van der Waals surface area contributed by atoms with Gasteiger partial charge in [0, 0.05) is 17.7 Å². The largest absolute Gasteiger partial charge is 0.178 e. The smallest absolute Gasteiger partial charge is 0.0323 e. The van der Waals surface area contributed by atoms with Gasteiger partial charge in [-0.2, -0.15) is 12.6 Å². The van der Waals surface area contributed by atoms with Crippen LogP contribution >= 0.6 is 12.6 Å². The normalized spacial score (nSPS) is 9.47. The molecular formula is C16H14S. The van der Waals surface area contributed by atoms with Crippen molar-refractivity contribution in [2.45, 2.75) is 6.42 Å². The van der Waals surface area contributed by atoms with Gasteiger partial charge in [-0.1, -0.05) is 60.4 Å². The minimum Gasteiger partial charge on any atom is -0.178 e. The molecule has 0 saturated heterocycles. The Hall–Kier alpha value is -1.65. The van der Waals surface area contributed by atoms with Crippen LogP contribution in [0.15, 0.2) is 54.6 Å². The second-order valence-corrected chi connectivity index (χ2v) is 4.13. The van der Waals surface area contributed by atoms with Gasteiger partial charge >= 0.3 is 0 Å². The minimum absolute atomic E-state index is 0.806. The Bertz CT molecular complexity index is 532. The van der Waals surface area contributed by atoms with E-state index in [4.69, 9.17) is 0 Å². The summed E-state index contributed by atoms with van der Waals surface area (Å²) in [6.45, 7) is 0. The number of hydrogen-bond acceptors (Lipinski definition) is 1. The van der Waals surface area contributed by atoms with Crippen LogP contribution in [0.5, 0.6) is 0 Å². The van der Waals surface area contributed by atoms with Crippen molar-refractivity contribution in [3.05, 3.63) is 60.2 Å². The van der Waals surface area contributed by atoms with Crippen molar-refractivity contribution in [2.75, 3.05) is 5.75 Å². The van der Waals surface area contributed by atoms with Crippen LogP contribution in [0.2, 0.25) is 0 Å². The van der Waals surface area contributed by atoms with Gasteiger partial charge in [0.2, 0.25) is 0 Å². The molecule has 2 aromatic rings. The summed E-state index contributed by atoms with van der Waals surface area (Å²) >= 11 is 4.16. The average molecular weight is 238 g/mol. The van der Waals surface area contributed by atoms with Crippen molar-refractivity contribution in [1.29, 1.82) is 0 Å². The van der Waals surface area contributed by atoms with E-state index in [0.717, 1.165) is 17.7 Å². The summed E-state index contributed by atoms with van der Waals surface area (Å²) in [5.74, 6) is 7.15. The Morgan fingerprint density at radius 3 is 2.35 bits per heavy atom. The summed E-state index contributed by atoms with van der Waals surface area (Å²) in [7, 11) is 0. The van der Waals surface area contributed by atoms with Crippen molar-refractivity contribution >= 4 is 12.6 Å². The standard InChI is InChI=1S/C16H14S/c17-13-7-6-11-15-10-4-5-12-16(15)14-8-2-1-3-9-14/h1-5,8-10,12,17H,7,13H2. The molecule has 0 fully saturated rings. The highest BCUT2D eigenvalue weighted by Crippen LogP contribution is 2.22. The summed E-state index contributed by atoms with van der Waals surface area (Å²) in [6, 6.07) is 18.6. The summed E-state index contributed by atoms with van der Waals surface area (Å²) in [6.07, 6.45) is 0.826. The summed E-state index contributed by atoms with van der Waals surface area (Å²) < 4.78 is 0. The third-order valence-electron chi connectivity index (χ3n) is 2.47. The second-order valence-electron chi connectivity index (χ2n) is 3.69. The lowest BCUT2D eigenvalue weighted by Crippen LogP contribution is -1.83. The maximum Gasteiger partial charge on any atom is 0.0323 e. The third-order valence-corrected chi connectivity index (χ3v) is 2.70. The number of rotatable bonds is 2. The fourth-order valence-electron chi connectivity index (χ4n) is 1.68. The molecule has 0 atom stereocenters. The molecule has 0 N–H and O–H groups in total. The summed E-state index contributed by atoms with van der Waals surface area (Å²) in [5, 5.41) is 0. The van der Waals surface area contributed by atoms with Crippen molar-refractivity contribution in [3.8, 4) is 23.0 Å². The van der Waals surface area contributed by atoms with Gasteiger partial charge in [-0.05, 0) is 17.2 Å². The Labute approximate surface area is 108 Å². The highest BCUT2D eigenvalue weighted by Gasteiger charge is 2.00. The molecule has 0 saturated carbocycles. The lowest BCUT2D eigenvalue weighted by atomic mass is 10.00. The van der Waals surface area contributed by atoms with E-state index < -0.39 is 0 Å². The molecule has 0 radical (unpaired) electrons. The molecule has 84 valence electrons. The first-order valence-electron chi connectivity index (χ1n) is 5.66. The SMILES string of the molecule is SCCC#Cc1ccccc1-c1ccccc1. The average Bonchev–Trinajstić information content (AvgIpc) is 2.41. The molecule has 0 unspecified atom stereocenters. The van der Waals surface area contributed by atoms with E-state index >= 15 is 0 Å². The molecule has 2 aromatic carbocycles. The first-order chi connectivity index (χ1) is 8.42. The Morgan fingerprint density at radius 1 is 0.882 bits per heavy atom. The first kappa shape index (κ1) is 11.8. The fourth-order valence-corrected chi connectivity index (χ4v) is 1.79. The van der Waals surface area contributed by atoms with Crippen molar-refractivity contribution < 1.29 is 0 Å². The lowest BCUT2D eigenvalue weighted by Gasteiger charge is -2.03. The Balaban J connectivity index is 2.39. The van der Waals surface area contributed by atoms with Gasteiger partial charge in [-0.15, -0.1) is 0 Å². The van der Waals surface area contributed by atoms with Crippen LogP contribution in [0.25, 0.3) is 11.1 Å². The maximum atomic E-state index is 4.16. The van der Waals surface area contributed by atoms with E-state index in [9.17, 15) is 0 Å². The monoisotopic (exact) mass is 238 g/mol. The molecule has 0 aliphatic carbocycles. The highest BCUT2D eigenvalue weighted by molar-refractivity contribution is 7.80. The van der Waals surface area contributed by atoms with Crippen LogP contribution in [-0.2, 0) is 0 Å². The minimum atomic E-state index is 0.806. The van der Waals surface area contributed by atoms with Crippen molar-refractivity contribution in [2.24, 2.45) is 0 Å². The Morgan fingerprint density at radius 2 is 1.59 bits per heavy atom. The van der Waals surface area contributed by atoms with Crippen LogP contribution in [0, 0.1) is 11.8 Å². The first-order valence-corrected chi connectivity index (χ1v) is 6.29. The van der Waals surface area contributed by atoms with Gasteiger partial charge in [-0.3, -0.25) is 0 Å². The van der Waals surface area contributed by atoms with Crippen LogP contribution in [-0.4, -0.2) is 5.75 Å². The fraction of sp³-hybridized carbons (Fsp3) is 0.125. The number of hydrogen-bond donors (Lipinski definition) is 1. The molecule has 0 bridgehead atoms. The number of thiol groups is 1. The quantitative estimate of drug-likeness (QED) is 0.593. The molecule has 1 heteroatoms. The van der Waals surface area contributed by atoms with E-state index in [1.165, 1.54) is 11.1 Å². The van der Waals surface area contributed by atoms with Gasteiger partial charge in [0.1, 0.15) is 0 Å². The third kappa shape index (κ3) is 3.15. The zero-order chi connectivity index (χ0) is 11.9. The van der Waals surface area contributed by atoms with E-state index in [-0.39, 0.29) is 0 Å². The van der Waals surface area contributed by atoms with Crippen molar-refractivity contribution in [1.82, 2.24) is 0 Å². The highest BCUT2D eigenvalue weighted by atomic mass is 32.1. The molecular weight excluding hydrogens is 224 g/mol. The van der Waals surface area contributed by atoms with Crippen LogP contribution in [0.1, 0.15) is 12.0 Å². The molecule has 0 aliphatic heterocycles. The van der Waals surface area contributed by atoms with Gasteiger partial charge in [0.15, 0.2) is 0 Å². The van der Waals surface area contributed by atoms with Crippen molar-refractivity contribution in [3.63, 3.8) is 0 Å². The van der Waals surface area contributed by atoms with Crippen LogP contribution in [0.3, 0.4) is 0 Å². The zero-order valence-corrected chi connectivity index (χ0v) is 10.5. The van der Waals surface area contributed by atoms with Gasteiger partial charge in [0.25, 0.3) is 0 Å². The van der Waals surface area contributed by atoms with Gasteiger partial charge in [0.05, 0.1) is 0 Å². The Kier molecular flexibility index (Phi) is 4.30. The van der Waals surface area contributed by atoms with Crippen LogP contribution in [0.4, 0.5) is 0 Å². The predicted octanol–water partition coefficient (Wildman–Crippen LogP) is 4.03. The molecule has 0 aromatic heterocycles. The topological polar surface area (TPSA) is 0 Å². The lowest BCUT2D eigenvalue weighted by molar-refractivity contribution is 1.31. The molecule has 0 nitrogen and oxygen atoms in total. The molecule has 2 rings (SSSR count). The van der Waals surface area contributed by atoms with E-state index in [0.29, 0.717) is 0 Å². The van der Waals surface area contributed by atoms with E-state index in [2.05, 4.69) is 48.7 Å². The molecule has 0 aliphatic rings. The molecule has 0 spiro atoms. The molecule has 17 heavy (non-hydrogen) atoms. The maximum absolute atomic E-state index is 4.16. The second kappa shape index (κ2) is 6.18. The van der Waals surface area contributed by atoms with E-state index in [1.54, 1.807) is 0 Å². The zero-order valence-electron chi connectivity index (χ0n) is 9.56. The van der Waals surface area contributed by atoms with Gasteiger partial charge in [-0.25, -0.2) is 0 Å². The molecule has 0 amide bonds. The van der Waals surface area contributed by atoms with E-state index in [1.807, 2.05) is 30.3 Å². The summed E-state index contributed by atoms with van der Waals surface area (Å²) in [4.78, 5) is 0.